The van der Waals surface area contributed by atoms with E-state index in [9.17, 15) is 15.2 Å². The van der Waals surface area contributed by atoms with Crippen molar-refractivity contribution in [3.8, 4) is 5.75 Å². The van der Waals surface area contributed by atoms with Crippen LogP contribution in [0.1, 0.15) is 30.9 Å². The molecule has 1 aromatic carbocycles. The molecule has 1 N–H and O–H groups in total. The first-order valence-electron chi connectivity index (χ1n) is 7.16. The minimum atomic E-state index is -0.564. The number of nitrogens with zero attached hydrogens (tertiary/aromatic N) is 1. The molecule has 6 nitrogen and oxygen atoms in total. The average Bonchev–Trinajstić information content (AvgIpc) is 2.40. The fourth-order valence-electron chi connectivity index (χ4n) is 2.52. The number of aliphatic hydroxyl groups excluding tert-OH is 1. The van der Waals surface area contributed by atoms with Crippen molar-refractivity contribution in [3.05, 3.63) is 33.4 Å². The molecule has 0 saturated heterocycles. The van der Waals surface area contributed by atoms with Gasteiger partial charge in [-0.15, -0.1) is 0 Å². The van der Waals surface area contributed by atoms with Gasteiger partial charge in [0.1, 0.15) is 12.2 Å². The van der Waals surface area contributed by atoms with E-state index in [1.54, 1.807) is 6.92 Å². The van der Waals surface area contributed by atoms with Crippen molar-refractivity contribution in [1.82, 2.24) is 0 Å². The van der Waals surface area contributed by atoms with E-state index in [1.807, 2.05) is 19.9 Å². The summed E-state index contributed by atoms with van der Waals surface area (Å²) in [5, 5.41) is 20.9. The highest BCUT2D eigenvalue weighted by molar-refractivity contribution is 5.53. The lowest BCUT2D eigenvalue weighted by Crippen LogP contribution is -2.55. The highest BCUT2D eigenvalue weighted by Crippen LogP contribution is 2.37. The zero-order valence-electron chi connectivity index (χ0n) is 12.5. The van der Waals surface area contributed by atoms with Crippen LogP contribution in [0.25, 0.3) is 0 Å². The molecule has 0 amide bonds. The van der Waals surface area contributed by atoms with Gasteiger partial charge in [0, 0.05) is 19.1 Å². The lowest BCUT2D eigenvalue weighted by Gasteiger charge is -2.40. The van der Waals surface area contributed by atoms with Crippen molar-refractivity contribution in [2.75, 3.05) is 6.61 Å². The molecule has 0 aromatic heterocycles. The Morgan fingerprint density at radius 3 is 2.71 bits per heavy atom. The van der Waals surface area contributed by atoms with Crippen molar-refractivity contribution in [3.63, 3.8) is 0 Å². The molecule has 0 radical (unpaired) electrons. The fraction of sp³-hybridized carbons (Fsp3) is 0.600. The number of rotatable bonds is 6. The molecule has 3 unspecified atom stereocenters. The van der Waals surface area contributed by atoms with Crippen LogP contribution < -0.4 is 4.74 Å². The summed E-state index contributed by atoms with van der Waals surface area (Å²) in [4.78, 5) is 10.7. The van der Waals surface area contributed by atoms with Crippen molar-refractivity contribution in [2.45, 2.75) is 51.9 Å². The van der Waals surface area contributed by atoms with Gasteiger partial charge in [0.25, 0.3) is 0 Å². The van der Waals surface area contributed by atoms with E-state index in [4.69, 9.17) is 9.47 Å². The highest BCUT2D eigenvalue weighted by Gasteiger charge is 2.43. The summed E-state index contributed by atoms with van der Waals surface area (Å²) in [6, 6.07) is 3.35. The minimum absolute atomic E-state index is 0.0388. The van der Waals surface area contributed by atoms with Crippen LogP contribution in [-0.2, 0) is 4.74 Å². The molecule has 6 heteroatoms. The smallest absolute Gasteiger partial charge is 0.311 e. The summed E-state index contributed by atoms with van der Waals surface area (Å²) < 4.78 is 11.3. The quantitative estimate of drug-likeness (QED) is 0.644. The first-order chi connectivity index (χ1) is 9.93. The second-order valence-electron chi connectivity index (χ2n) is 5.48. The number of benzene rings is 1. The van der Waals surface area contributed by atoms with Gasteiger partial charge < -0.3 is 14.6 Å². The Morgan fingerprint density at radius 1 is 1.43 bits per heavy atom. The summed E-state index contributed by atoms with van der Waals surface area (Å²) >= 11 is 0. The lowest BCUT2D eigenvalue weighted by atomic mass is 9.88. The molecule has 1 aliphatic carbocycles. The molecule has 1 saturated carbocycles. The van der Waals surface area contributed by atoms with Crippen molar-refractivity contribution < 1.29 is 19.5 Å². The number of aliphatic hydroxyl groups is 1. The third-order valence-corrected chi connectivity index (χ3v) is 3.60. The zero-order chi connectivity index (χ0) is 15.6. The van der Waals surface area contributed by atoms with E-state index in [2.05, 4.69) is 0 Å². The number of aryl methyl sites for hydroxylation is 2. The van der Waals surface area contributed by atoms with Gasteiger partial charge in [0.05, 0.1) is 11.0 Å². The maximum Gasteiger partial charge on any atom is 0.311 e. The predicted molar refractivity (Wildman–Crippen MR) is 77.6 cm³/mol. The second kappa shape index (κ2) is 6.41. The summed E-state index contributed by atoms with van der Waals surface area (Å²) in [7, 11) is 0. The number of nitro groups is 1. The number of ether oxygens (including phenoxy) is 2. The maximum atomic E-state index is 11.2. The molecule has 1 aliphatic rings. The van der Waals surface area contributed by atoms with Crippen molar-refractivity contribution in [2.24, 2.45) is 0 Å². The van der Waals surface area contributed by atoms with Crippen LogP contribution in [-0.4, -0.2) is 34.9 Å². The Kier molecular flexibility index (Phi) is 4.80. The van der Waals surface area contributed by atoms with Gasteiger partial charge in [-0.1, -0.05) is 13.0 Å². The molecule has 0 heterocycles. The van der Waals surface area contributed by atoms with Gasteiger partial charge in [0.15, 0.2) is 5.75 Å². The molecule has 0 spiro atoms. The van der Waals surface area contributed by atoms with Crippen LogP contribution in [0.5, 0.6) is 5.75 Å². The van der Waals surface area contributed by atoms with Crippen LogP contribution in [0.4, 0.5) is 5.69 Å². The Bertz CT molecular complexity index is 531. The summed E-state index contributed by atoms with van der Waals surface area (Å²) in [5.41, 5.74) is 1.50. The Morgan fingerprint density at radius 2 is 2.14 bits per heavy atom. The van der Waals surface area contributed by atoms with Crippen LogP contribution in [0.15, 0.2) is 12.1 Å². The fourth-order valence-corrected chi connectivity index (χ4v) is 2.52. The second-order valence-corrected chi connectivity index (χ2v) is 5.48. The van der Waals surface area contributed by atoms with Crippen LogP contribution in [0.3, 0.4) is 0 Å². The Labute approximate surface area is 123 Å². The van der Waals surface area contributed by atoms with Crippen LogP contribution in [0, 0.1) is 24.0 Å². The predicted octanol–water partition coefficient (Wildman–Crippen LogP) is 2.52. The van der Waals surface area contributed by atoms with E-state index in [1.165, 1.54) is 6.07 Å². The minimum Gasteiger partial charge on any atom is -0.480 e. The molecule has 3 atom stereocenters. The summed E-state index contributed by atoms with van der Waals surface area (Å²) in [6.07, 6.45) is -0.0401. The first kappa shape index (κ1) is 15.7. The van der Waals surface area contributed by atoms with Crippen LogP contribution in [0.2, 0.25) is 0 Å². The van der Waals surface area contributed by atoms with Gasteiger partial charge >= 0.3 is 5.69 Å². The molecule has 1 fully saturated rings. The van der Waals surface area contributed by atoms with Crippen molar-refractivity contribution in [1.29, 1.82) is 0 Å². The molecular formula is C15H21NO5. The summed E-state index contributed by atoms with van der Waals surface area (Å²) in [6.45, 7) is 6.11. The zero-order valence-corrected chi connectivity index (χ0v) is 12.5. The highest BCUT2D eigenvalue weighted by atomic mass is 16.6. The molecule has 21 heavy (non-hydrogen) atoms. The van der Waals surface area contributed by atoms with Crippen molar-refractivity contribution >= 4 is 5.69 Å². The van der Waals surface area contributed by atoms with Gasteiger partial charge in [-0.05, 0) is 31.4 Å². The molecule has 116 valence electrons. The molecule has 0 bridgehead atoms. The van der Waals surface area contributed by atoms with E-state index < -0.39 is 17.1 Å². The van der Waals surface area contributed by atoms with Gasteiger partial charge in [0.2, 0.25) is 0 Å². The van der Waals surface area contributed by atoms with Gasteiger partial charge in [-0.3, -0.25) is 10.1 Å². The third-order valence-electron chi connectivity index (χ3n) is 3.60. The molecular weight excluding hydrogens is 274 g/mol. The maximum absolute atomic E-state index is 11.2. The number of hydrogen-bond acceptors (Lipinski definition) is 5. The molecule has 0 aliphatic heterocycles. The molecule has 1 aromatic rings. The number of nitro benzene ring substituents is 1. The first-order valence-corrected chi connectivity index (χ1v) is 7.16. The standard InChI is InChI=1S/C15H21NO5/c1-4-5-20-15-12(17)8-13(15)21-14-10(3)6-9(2)7-11(14)16(18)19/h6-7,12-13,15,17H,4-5,8H2,1-3H3. The Balaban J connectivity index is 2.18. The van der Waals surface area contributed by atoms with E-state index in [0.717, 1.165) is 17.5 Å². The molecule has 2 rings (SSSR count). The van der Waals surface area contributed by atoms with E-state index in [-0.39, 0.29) is 17.5 Å². The topological polar surface area (TPSA) is 81.8 Å². The monoisotopic (exact) mass is 295 g/mol. The number of hydrogen-bond donors (Lipinski definition) is 1. The lowest BCUT2D eigenvalue weighted by molar-refractivity contribution is -0.386. The third kappa shape index (κ3) is 3.33. The normalized spacial score (nSPS) is 24.5. The average molecular weight is 295 g/mol. The van der Waals surface area contributed by atoms with E-state index >= 15 is 0 Å². The summed E-state index contributed by atoms with van der Waals surface area (Å²) in [5.74, 6) is 0.271. The largest absolute Gasteiger partial charge is 0.480 e. The van der Waals surface area contributed by atoms with Crippen LogP contribution >= 0.6 is 0 Å². The SMILES string of the molecule is CCCOC1C(O)CC1Oc1c(C)cc(C)cc1[N+](=O)[O-]. The van der Waals surface area contributed by atoms with Gasteiger partial charge in [-0.2, -0.15) is 0 Å². The Hall–Kier alpha value is -1.66. The van der Waals surface area contributed by atoms with E-state index in [0.29, 0.717) is 13.0 Å². The van der Waals surface area contributed by atoms with Gasteiger partial charge in [-0.25, -0.2) is 0 Å².